The molecule has 0 rings (SSSR count). The van der Waals surface area contributed by atoms with Crippen LogP contribution in [0.2, 0.25) is 0 Å². The maximum atomic E-state index is 5.60. The van der Waals surface area contributed by atoms with E-state index in [2.05, 4.69) is 13.8 Å². The van der Waals surface area contributed by atoms with Crippen LogP contribution in [0.15, 0.2) is 0 Å². The van der Waals surface area contributed by atoms with E-state index >= 15 is 0 Å². The van der Waals surface area contributed by atoms with Crippen LogP contribution in [0.3, 0.4) is 0 Å². The number of hydrogen-bond acceptors (Lipinski definition) is 1. The lowest BCUT2D eigenvalue weighted by atomic mass is 10.1. The molecule has 1 nitrogen and oxygen atoms in total. The topological polar surface area (TPSA) is 9.23 Å². The van der Waals surface area contributed by atoms with Gasteiger partial charge >= 0.3 is 0 Å². The predicted molar refractivity (Wildman–Crippen MR) is 72.6 cm³/mol. The second-order valence-electron chi connectivity index (χ2n) is 4.65. The molecule has 0 N–H and O–H groups in total. The summed E-state index contributed by atoms with van der Waals surface area (Å²) in [6, 6.07) is 0. The van der Waals surface area contributed by atoms with Gasteiger partial charge in [0.1, 0.15) is 0 Å². The predicted octanol–water partition coefficient (Wildman–Crippen LogP) is 5.15. The quantitative estimate of drug-likeness (QED) is 0.395. The van der Waals surface area contributed by atoms with Crippen LogP contribution in [0.5, 0.6) is 0 Å². The van der Waals surface area contributed by atoms with Crippen molar-refractivity contribution < 1.29 is 4.74 Å². The second kappa shape index (κ2) is 15.0. The van der Waals surface area contributed by atoms with Gasteiger partial charge < -0.3 is 4.74 Å². The van der Waals surface area contributed by atoms with Gasteiger partial charge in [0.05, 0.1) is 0 Å². The van der Waals surface area contributed by atoms with Gasteiger partial charge in [0.2, 0.25) is 0 Å². The summed E-state index contributed by atoms with van der Waals surface area (Å²) in [6.45, 7) is 8.04. The van der Waals surface area contributed by atoms with E-state index in [1.807, 2.05) is 0 Å². The van der Waals surface area contributed by atoms with Gasteiger partial charge in [-0.2, -0.15) is 0 Å². The molecule has 0 saturated heterocycles. The summed E-state index contributed by atoms with van der Waals surface area (Å²) in [6.07, 6.45) is 14.4. The van der Waals surface area contributed by atoms with Crippen LogP contribution < -0.4 is 0 Å². The summed E-state index contributed by atoms with van der Waals surface area (Å²) in [7, 11) is 0. The normalized spacial score (nSPS) is 10.9. The minimum atomic E-state index is 0.964. The van der Waals surface area contributed by atoms with Crippen LogP contribution >= 0.6 is 0 Å². The zero-order valence-corrected chi connectivity index (χ0v) is 11.3. The average Bonchev–Trinajstić information content (AvgIpc) is 2.31. The van der Waals surface area contributed by atoms with Gasteiger partial charge in [0.25, 0.3) is 0 Å². The molecule has 0 heterocycles. The maximum absolute atomic E-state index is 5.60. The highest BCUT2D eigenvalue weighted by molar-refractivity contribution is 4.46. The third-order valence-electron chi connectivity index (χ3n) is 2.93. The van der Waals surface area contributed by atoms with Crippen molar-refractivity contribution in [2.24, 2.45) is 0 Å². The molecule has 0 aromatic heterocycles. The monoisotopic (exact) mass is 227 g/mol. The average molecular weight is 227 g/mol. The van der Waals surface area contributed by atoms with Crippen LogP contribution in [0.4, 0.5) is 0 Å². The van der Waals surface area contributed by atoms with Crippen LogP contribution in [-0.2, 0) is 4.74 Å². The standard InChI is InChI=1S/C15H31O/c1-3-5-7-9-11-13-15-16-14-12-10-8-6-4-2/h2-15H2,1H3. The van der Waals surface area contributed by atoms with E-state index in [-0.39, 0.29) is 0 Å². The third kappa shape index (κ3) is 14.0. The van der Waals surface area contributed by atoms with E-state index in [9.17, 15) is 0 Å². The third-order valence-corrected chi connectivity index (χ3v) is 2.93. The lowest BCUT2D eigenvalue weighted by Crippen LogP contribution is -1.97. The molecule has 0 spiro atoms. The zero-order valence-electron chi connectivity index (χ0n) is 11.3. The Hall–Kier alpha value is -0.0400. The first-order valence-electron chi connectivity index (χ1n) is 7.28. The molecule has 0 fully saturated rings. The fourth-order valence-corrected chi connectivity index (χ4v) is 1.82. The fraction of sp³-hybridized carbons (Fsp3) is 0.933. The minimum absolute atomic E-state index is 0.964. The molecule has 0 aromatic carbocycles. The van der Waals surface area contributed by atoms with Crippen molar-refractivity contribution in [3.63, 3.8) is 0 Å². The summed E-state index contributed by atoms with van der Waals surface area (Å²) >= 11 is 0. The van der Waals surface area contributed by atoms with Crippen molar-refractivity contribution in [1.29, 1.82) is 0 Å². The smallest absolute Gasteiger partial charge is 0.0466 e. The van der Waals surface area contributed by atoms with Gasteiger partial charge in [-0.15, -0.1) is 0 Å². The van der Waals surface area contributed by atoms with Gasteiger partial charge in [-0.25, -0.2) is 0 Å². The summed E-state index contributed by atoms with van der Waals surface area (Å²) in [5.74, 6) is 0. The lowest BCUT2D eigenvalue weighted by Gasteiger charge is -2.04. The molecule has 0 amide bonds. The van der Waals surface area contributed by atoms with E-state index in [0.29, 0.717) is 0 Å². The molecule has 0 unspecified atom stereocenters. The highest BCUT2D eigenvalue weighted by atomic mass is 16.5. The number of hydrogen-bond donors (Lipinski definition) is 0. The van der Waals surface area contributed by atoms with Crippen molar-refractivity contribution >= 4 is 0 Å². The van der Waals surface area contributed by atoms with E-state index < -0.39 is 0 Å². The van der Waals surface area contributed by atoms with Gasteiger partial charge in [0, 0.05) is 13.2 Å². The van der Waals surface area contributed by atoms with E-state index in [4.69, 9.17) is 4.74 Å². The summed E-state index contributed by atoms with van der Waals surface area (Å²) in [5, 5.41) is 0. The molecule has 0 atom stereocenters. The van der Waals surface area contributed by atoms with Gasteiger partial charge in [0.15, 0.2) is 0 Å². The summed E-state index contributed by atoms with van der Waals surface area (Å²) in [4.78, 5) is 0. The van der Waals surface area contributed by atoms with Crippen molar-refractivity contribution in [1.82, 2.24) is 0 Å². The Morgan fingerprint density at radius 2 is 1.19 bits per heavy atom. The first-order valence-corrected chi connectivity index (χ1v) is 7.28. The Bertz CT molecular complexity index is 98.0. The Balaban J connectivity index is 2.83. The maximum Gasteiger partial charge on any atom is 0.0466 e. The Labute approximate surface area is 103 Å². The first kappa shape index (κ1) is 16.0. The molecular formula is C15H31O. The molecule has 97 valence electrons. The lowest BCUT2D eigenvalue weighted by molar-refractivity contribution is 0.125. The SMILES string of the molecule is [CH2]CCCCCCOCCCCCCCC. The van der Waals surface area contributed by atoms with Crippen LogP contribution in [-0.4, -0.2) is 13.2 Å². The second-order valence-corrected chi connectivity index (χ2v) is 4.65. The van der Waals surface area contributed by atoms with Crippen molar-refractivity contribution in [2.75, 3.05) is 13.2 Å². The Kier molecular flexibility index (Phi) is 14.9. The molecule has 0 aliphatic carbocycles. The Morgan fingerprint density at radius 3 is 1.75 bits per heavy atom. The van der Waals surface area contributed by atoms with E-state index in [1.54, 1.807) is 0 Å². The number of rotatable bonds is 13. The molecule has 1 radical (unpaired) electrons. The van der Waals surface area contributed by atoms with Crippen molar-refractivity contribution in [2.45, 2.75) is 77.6 Å². The van der Waals surface area contributed by atoms with Crippen molar-refractivity contribution in [3.8, 4) is 0 Å². The summed E-state index contributed by atoms with van der Waals surface area (Å²) < 4.78 is 5.60. The highest BCUT2D eigenvalue weighted by Gasteiger charge is 1.92. The van der Waals surface area contributed by atoms with Crippen LogP contribution in [0.1, 0.15) is 77.6 Å². The zero-order chi connectivity index (χ0) is 11.9. The Morgan fingerprint density at radius 1 is 0.688 bits per heavy atom. The molecule has 0 bridgehead atoms. The van der Waals surface area contributed by atoms with Crippen LogP contribution in [0.25, 0.3) is 0 Å². The molecule has 16 heavy (non-hydrogen) atoms. The van der Waals surface area contributed by atoms with E-state index in [1.165, 1.54) is 64.2 Å². The number of unbranched alkanes of at least 4 members (excludes halogenated alkanes) is 9. The molecule has 1 heteroatoms. The van der Waals surface area contributed by atoms with Crippen molar-refractivity contribution in [3.05, 3.63) is 6.92 Å². The first-order chi connectivity index (χ1) is 7.91. The molecule has 0 saturated carbocycles. The number of ether oxygens (including phenoxy) is 1. The molecule has 0 aromatic rings. The molecule has 0 aliphatic heterocycles. The minimum Gasteiger partial charge on any atom is -0.381 e. The van der Waals surface area contributed by atoms with Crippen LogP contribution in [0, 0.1) is 6.92 Å². The molecular weight excluding hydrogens is 196 g/mol. The van der Waals surface area contributed by atoms with Gasteiger partial charge in [-0.05, 0) is 12.8 Å². The largest absolute Gasteiger partial charge is 0.381 e. The summed E-state index contributed by atoms with van der Waals surface area (Å²) in [5.41, 5.74) is 0. The van der Waals surface area contributed by atoms with Gasteiger partial charge in [-0.3, -0.25) is 0 Å². The molecule has 0 aliphatic rings. The van der Waals surface area contributed by atoms with Gasteiger partial charge in [-0.1, -0.05) is 71.6 Å². The fourth-order valence-electron chi connectivity index (χ4n) is 1.82. The highest BCUT2D eigenvalue weighted by Crippen LogP contribution is 2.06. The van der Waals surface area contributed by atoms with E-state index in [0.717, 1.165) is 19.6 Å².